The fraction of sp³-hybridized carbons (Fsp3) is 0.227. The number of benzene rings is 2. The molecule has 0 fully saturated rings. The van der Waals surface area contributed by atoms with Crippen LogP contribution in [0.1, 0.15) is 28.2 Å². The fourth-order valence-corrected chi connectivity index (χ4v) is 3.49. The average Bonchev–Trinajstić information content (AvgIpc) is 3.22. The molecule has 0 saturated heterocycles. The topological polar surface area (TPSA) is 152 Å². The second-order valence-electron chi connectivity index (χ2n) is 7.50. The lowest BCUT2D eigenvalue weighted by Crippen LogP contribution is -2.39. The number of esters is 1. The molecule has 0 saturated carbocycles. The Balaban J connectivity index is 1.50. The molecule has 0 bridgehead atoms. The van der Waals surface area contributed by atoms with Gasteiger partial charge in [0.05, 0.1) is 30.1 Å². The van der Waals surface area contributed by atoms with Crippen molar-refractivity contribution in [2.24, 2.45) is 10.9 Å². The van der Waals surface area contributed by atoms with Crippen molar-refractivity contribution in [1.29, 1.82) is 0 Å². The molecule has 0 unspecified atom stereocenters. The van der Waals surface area contributed by atoms with Crippen LogP contribution in [0.15, 0.2) is 47.6 Å². The highest BCUT2D eigenvalue weighted by Crippen LogP contribution is 2.25. The number of carbonyl (C=O) groups excluding carboxylic acids is 3. The van der Waals surface area contributed by atoms with E-state index in [1.807, 2.05) is 24.3 Å². The van der Waals surface area contributed by atoms with Crippen LogP contribution in [-0.2, 0) is 25.7 Å². The van der Waals surface area contributed by atoms with Gasteiger partial charge in [-0.2, -0.15) is 0 Å². The summed E-state index contributed by atoms with van der Waals surface area (Å²) in [6.07, 6.45) is -0.112. The molecule has 1 aliphatic heterocycles. The molecule has 2 heterocycles. The maximum Gasteiger partial charge on any atom is 0.365 e. The predicted molar refractivity (Wildman–Crippen MR) is 119 cm³/mol. The second kappa shape index (κ2) is 8.99. The van der Waals surface area contributed by atoms with Gasteiger partial charge in [-0.05, 0) is 35.9 Å². The average molecular weight is 450 g/mol. The van der Waals surface area contributed by atoms with Crippen molar-refractivity contribution < 1.29 is 24.0 Å². The number of nitrogens with zero attached hydrogens (tertiary/aromatic N) is 3. The zero-order valence-corrected chi connectivity index (χ0v) is 18.0. The minimum atomic E-state index is -0.769. The van der Waals surface area contributed by atoms with Crippen LogP contribution in [0.2, 0.25) is 0 Å². The van der Waals surface area contributed by atoms with E-state index in [4.69, 9.17) is 10.6 Å². The summed E-state index contributed by atoms with van der Waals surface area (Å²) in [4.78, 5) is 50.6. The number of anilines is 1. The molecule has 33 heavy (non-hydrogen) atoms. The van der Waals surface area contributed by atoms with Gasteiger partial charge in [0.1, 0.15) is 6.04 Å². The zero-order chi connectivity index (χ0) is 23.5. The van der Waals surface area contributed by atoms with Crippen molar-refractivity contribution in [3.8, 4) is 0 Å². The number of para-hydroxylation sites is 2. The van der Waals surface area contributed by atoms with Gasteiger partial charge in [0.15, 0.2) is 5.82 Å². The molecule has 0 radical (unpaired) electrons. The van der Waals surface area contributed by atoms with E-state index in [-0.39, 0.29) is 36.1 Å². The highest BCUT2D eigenvalue weighted by Gasteiger charge is 2.29. The van der Waals surface area contributed by atoms with E-state index in [1.54, 1.807) is 19.2 Å². The van der Waals surface area contributed by atoms with Crippen LogP contribution in [0.4, 0.5) is 5.69 Å². The van der Waals surface area contributed by atoms with Gasteiger partial charge in [0.2, 0.25) is 11.7 Å². The van der Waals surface area contributed by atoms with Crippen molar-refractivity contribution in [3.05, 3.63) is 59.4 Å². The summed E-state index contributed by atoms with van der Waals surface area (Å²) >= 11 is 0. The number of H-pyrrole nitrogens is 1. The smallest absolute Gasteiger partial charge is 0.365 e. The Hall–Kier alpha value is -4.41. The first-order valence-electron chi connectivity index (χ1n) is 10.1. The molecule has 4 rings (SSSR count). The molecule has 170 valence electrons. The van der Waals surface area contributed by atoms with Gasteiger partial charge in [0, 0.05) is 19.3 Å². The number of oxime groups is 1. The van der Waals surface area contributed by atoms with E-state index in [2.05, 4.69) is 25.2 Å². The van der Waals surface area contributed by atoms with Crippen molar-refractivity contribution in [3.63, 3.8) is 0 Å². The number of imidazole rings is 1. The SMILES string of the molecule is COC(=O)C[C@@H]1Nc2ccc(C(=O)O/N=C(\N)c3nc4ccccc4[nH]3)cc2CN(C)C1=O. The molecule has 3 aromatic rings. The minimum Gasteiger partial charge on any atom is -0.469 e. The first kappa shape index (κ1) is 21.8. The number of aromatic nitrogens is 2. The van der Waals surface area contributed by atoms with E-state index in [1.165, 1.54) is 18.1 Å². The Morgan fingerprint density at radius 1 is 1.27 bits per heavy atom. The standard InChI is InChI=1S/C22H22N6O5/c1-28-11-13-9-12(7-8-14(13)24-17(21(28)30)10-18(29)32-2)22(31)33-27-19(23)20-25-15-5-3-4-6-16(15)26-20/h3-9,17,24H,10-11H2,1-2H3,(H2,23,27)(H,25,26)/t17-/m0/s1. The summed E-state index contributed by atoms with van der Waals surface area (Å²) in [5, 5.41) is 6.75. The van der Waals surface area contributed by atoms with E-state index < -0.39 is 18.0 Å². The summed E-state index contributed by atoms with van der Waals surface area (Å²) in [6.45, 7) is 0.240. The molecule has 0 aliphatic carbocycles. The molecule has 11 heteroatoms. The van der Waals surface area contributed by atoms with Gasteiger partial charge in [-0.1, -0.05) is 17.3 Å². The van der Waals surface area contributed by atoms with Crippen LogP contribution in [0, 0.1) is 0 Å². The number of nitrogens with two attached hydrogens (primary N) is 1. The molecule has 0 spiro atoms. The molecular formula is C22H22N6O5. The van der Waals surface area contributed by atoms with E-state index in [0.29, 0.717) is 16.8 Å². The van der Waals surface area contributed by atoms with Gasteiger partial charge in [-0.3, -0.25) is 9.59 Å². The molecule has 4 N–H and O–H groups in total. The number of hydrogen-bond acceptors (Lipinski definition) is 8. The number of ether oxygens (including phenoxy) is 1. The van der Waals surface area contributed by atoms with Crippen LogP contribution in [0.3, 0.4) is 0 Å². The number of rotatable bonds is 5. The monoisotopic (exact) mass is 450 g/mol. The third kappa shape index (κ3) is 4.61. The van der Waals surface area contributed by atoms with Crippen molar-refractivity contribution in [2.45, 2.75) is 19.0 Å². The van der Waals surface area contributed by atoms with Crippen molar-refractivity contribution in [1.82, 2.24) is 14.9 Å². The highest BCUT2D eigenvalue weighted by molar-refractivity contribution is 5.98. The highest BCUT2D eigenvalue weighted by atomic mass is 16.7. The first-order valence-corrected chi connectivity index (χ1v) is 10.1. The lowest BCUT2D eigenvalue weighted by molar-refractivity contribution is -0.143. The van der Waals surface area contributed by atoms with Gasteiger partial charge in [-0.15, -0.1) is 0 Å². The molecule has 1 amide bonds. The molecule has 1 aliphatic rings. The molecule has 11 nitrogen and oxygen atoms in total. The molecule has 1 atom stereocenters. The van der Waals surface area contributed by atoms with Crippen LogP contribution in [-0.4, -0.2) is 58.7 Å². The van der Waals surface area contributed by atoms with Gasteiger partial charge in [-0.25, -0.2) is 9.78 Å². The molecular weight excluding hydrogens is 428 g/mol. The van der Waals surface area contributed by atoms with Crippen LogP contribution >= 0.6 is 0 Å². The lowest BCUT2D eigenvalue weighted by atomic mass is 10.1. The maximum atomic E-state index is 12.6. The Morgan fingerprint density at radius 2 is 2.06 bits per heavy atom. The maximum absolute atomic E-state index is 12.6. The van der Waals surface area contributed by atoms with E-state index in [0.717, 1.165) is 5.52 Å². The summed E-state index contributed by atoms with van der Waals surface area (Å²) in [5.41, 5.74) is 8.93. The molecule has 2 aromatic carbocycles. The number of likely N-dealkylation sites (N-methyl/N-ethyl adjacent to an activating group) is 1. The number of hydrogen-bond donors (Lipinski definition) is 3. The Kier molecular flexibility index (Phi) is 5.94. The molecule has 1 aromatic heterocycles. The number of amidine groups is 1. The summed E-state index contributed by atoms with van der Waals surface area (Å²) in [5.74, 6) is -1.28. The quantitative estimate of drug-likeness (QED) is 0.173. The number of nitrogens with one attached hydrogen (secondary N) is 2. The Labute approximate surface area is 188 Å². The van der Waals surface area contributed by atoms with Crippen LogP contribution < -0.4 is 11.1 Å². The Morgan fingerprint density at radius 3 is 2.82 bits per heavy atom. The third-order valence-electron chi connectivity index (χ3n) is 5.21. The normalized spacial score (nSPS) is 16.1. The fourth-order valence-electron chi connectivity index (χ4n) is 3.49. The number of aromatic amines is 1. The number of fused-ring (bicyclic) bond motifs is 2. The van der Waals surface area contributed by atoms with E-state index in [9.17, 15) is 14.4 Å². The van der Waals surface area contributed by atoms with Crippen molar-refractivity contribution >= 4 is 40.4 Å². The van der Waals surface area contributed by atoms with Gasteiger partial charge in [0.25, 0.3) is 0 Å². The number of carbonyl (C=O) groups is 3. The van der Waals surface area contributed by atoms with Gasteiger partial charge < -0.3 is 30.5 Å². The second-order valence-corrected chi connectivity index (χ2v) is 7.50. The predicted octanol–water partition coefficient (Wildman–Crippen LogP) is 1.36. The number of methoxy groups -OCH3 is 1. The largest absolute Gasteiger partial charge is 0.469 e. The lowest BCUT2D eigenvalue weighted by Gasteiger charge is -2.19. The first-order chi connectivity index (χ1) is 15.9. The van der Waals surface area contributed by atoms with Crippen LogP contribution in [0.5, 0.6) is 0 Å². The van der Waals surface area contributed by atoms with Gasteiger partial charge >= 0.3 is 11.9 Å². The third-order valence-corrected chi connectivity index (χ3v) is 5.21. The minimum absolute atomic E-state index is 0.0769. The summed E-state index contributed by atoms with van der Waals surface area (Å²) in [7, 11) is 2.88. The van der Waals surface area contributed by atoms with E-state index >= 15 is 0 Å². The van der Waals surface area contributed by atoms with Crippen molar-refractivity contribution in [2.75, 3.05) is 19.5 Å². The Bertz CT molecular complexity index is 1230. The number of amides is 1. The summed E-state index contributed by atoms with van der Waals surface area (Å²) < 4.78 is 4.67. The zero-order valence-electron chi connectivity index (χ0n) is 18.0. The van der Waals surface area contributed by atoms with Crippen LogP contribution in [0.25, 0.3) is 11.0 Å². The summed E-state index contributed by atoms with van der Waals surface area (Å²) in [6, 6.07) is 11.4.